The lowest BCUT2D eigenvalue weighted by molar-refractivity contribution is 0.121. The predicted molar refractivity (Wildman–Crippen MR) is 100 cm³/mol. The average molecular weight is 419 g/mol. The zero-order chi connectivity index (χ0) is 18.9. The van der Waals surface area contributed by atoms with Crippen molar-refractivity contribution in [2.75, 3.05) is 14.1 Å². The van der Waals surface area contributed by atoms with Crippen molar-refractivity contribution < 1.29 is 17.5 Å². The fourth-order valence-electron chi connectivity index (χ4n) is 3.20. The average Bonchev–Trinajstić information content (AvgIpc) is 3.21. The van der Waals surface area contributed by atoms with Crippen molar-refractivity contribution in [3.63, 3.8) is 0 Å². The Kier molecular flexibility index (Phi) is 5.86. The molecule has 0 saturated heterocycles. The van der Waals surface area contributed by atoms with Gasteiger partial charge < -0.3 is 9.64 Å². The molecule has 2 atom stereocenters. The Morgan fingerprint density at radius 1 is 1.38 bits per heavy atom. The van der Waals surface area contributed by atoms with Crippen LogP contribution in [0.2, 0.25) is 5.02 Å². The van der Waals surface area contributed by atoms with Gasteiger partial charge in [0.15, 0.2) is 9.84 Å². The summed E-state index contributed by atoms with van der Waals surface area (Å²) < 4.78 is 45.4. The number of thiazole rings is 1. The Morgan fingerprint density at radius 3 is 2.81 bits per heavy atom. The van der Waals surface area contributed by atoms with Crippen LogP contribution in [0, 0.1) is 5.82 Å². The summed E-state index contributed by atoms with van der Waals surface area (Å²) in [4.78, 5) is 5.59. The quantitative estimate of drug-likeness (QED) is 0.714. The molecule has 1 fully saturated rings. The smallest absolute Gasteiger partial charge is 0.187 e. The van der Waals surface area contributed by atoms with Gasteiger partial charge in [0.25, 0.3) is 0 Å². The molecule has 0 radical (unpaired) electrons. The van der Waals surface area contributed by atoms with Gasteiger partial charge in [-0.25, -0.2) is 17.8 Å². The van der Waals surface area contributed by atoms with Crippen LogP contribution in [-0.2, 0) is 15.6 Å². The normalized spacial score (nSPS) is 20.7. The maximum atomic E-state index is 14.5. The highest BCUT2D eigenvalue weighted by atomic mass is 35.5. The molecule has 26 heavy (non-hydrogen) atoms. The number of hydrogen-bond acceptors (Lipinski definition) is 6. The maximum absolute atomic E-state index is 14.5. The maximum Gasteiger partial charge on any atom is 0.187 e. The van der Waals surface area contributed by atoms with Crippen molar-refractivity contribution in [2.24, 2.45) is 0 Å². The lowest BCUT2D eigenvalue weighted by Crippen LogP contribution is -2.38. The van der Waals surface area contributed by atoms with Gasteiger partial charge in [0.05, 0.1) is 5.02 Å². The van der Waals surface area contributed by atoms with Crippen molar-refractivity contribution in [1.82, 2.24) is 9.88 Å². The van der Waals surface area contributed by atoms with Crippen LogP contribution in [0.25, 0.3) is 0 Å². The molecule has 0 bridgehead atoms. The first-order valence-electron chi connectivity index (χ1n) is 8.21. The van der Waals surface area contributed by atoms with E-state index in [9.17, 15) is 12.8 Å². The van der Waals surface area contributed by atoms with Crippen LogP contribution in [0.4, 0.5) is 4.39 Å². The Hall–Kier alpha value is -1.22. The summed E-state index contributed by atoms with van der Waals surface area (Å²) in [6.45, 7) is 0. The summed E-state index contributed by atoms with van der Waals surface area (Å²) in [7, 11) is 0.0701. The lowest BCUT2D eigenvalue weighted by atomic mass is 10.2. The molecule has 1 heterocycles. The molecule has 9 heteroatoms. The van der Waals surface area contributed by atoms with Gasteiger partial charge in [-0.3, -0.25) is 0 Å². The van der Waals surface area contributed by atoms with Gasteiger partial charge in [0, 0.05) is 23.7 Å². The molecular weight excluding hydrogens is 399 g/mol. The van der Waals surface area contributed by atoms with Crippen molar-refractivity contribution in [1.29, 1.82) is 0 Å². The van der Waals surface area contributed by atoms with Crippen LogP contribution in [0.5, 0.6) is 5.75 Å². The fraction of sp³-hybridized carbons (Fsp3) is 0.471. The Bertz CT molecular complexity index is 872. The van der Waals surface area contributed by atoms with Crippen LogP contribution in [0.15, 0.2) is 28.6 Å². The van der Waals surface area contributed by atoms with E-state index in [1.165, 1.54) is 17.5 Å². The molecule has 0 N–H and O–H groups in total. The van der Waals surface area contributed by atoms with Crippen molar-refractivity contribution in [3.05, 3.63) is 39.6 Å². The number of rotatable bonds is 6. The number of aromatic nitrogens is 1. The van der Waals surface area contributed by atoms with Gasteiger partial charge >= 0.3 is 0 Å². The van der Waals surface area contributed by atoms with E-state index in [-0.39, 0.29) is 28.7 Å². The second-order valence-electron chi connectivity index (χ2n) is 6.52. The first-order chi connectivity index (χ1) is 12.3. The Labute approximate surface area is 161 Å². The standard InChI is InChI=1S/C17H20ClFN2O3S2/c1-21(2)13-4-3-5-14(13)24-15-9-12(19)16(8-11(15)18)26(22,23)10-17-20-6-7-25-17/h6-9,13-14H,3-5,10H2,1-2H3/t13-,14-/m1/s1. The van der Waals surface area contributed by atoms with E-state index >= 15 is 0 Å². The summed E-state index contributed by atoms with van der Waals surface area (Å²) in [5.74, 6) is -1.04. The van der Waals surface area contributed by atoms with E-state index in [0.29, 0.717) is 5.01 Å². The largest absolute Gasteiger partial charge is 0.487 e. The SMILES string of the molecule is CN(C)[C@@H]1CCC[C@H]1Oc1cc(F)c(S(=O)(=O)Cc2nccs2)cc1Cl. The van der Waals surface area contributed by atoms with Gasteiger partial charge in [-0.1, -0.05) is 11.6 Å². The second kappa shape index (κ2) is 7.80. The van der Waals surface area contributed by atoms with Gasteiger partial charge in [0.1, 0.15) is 33.3 Å². The summed E-state index contributed by atoms with van der Waals surface area (Å²) in [6.07, 6.45) is 4.29. The number of sulfone groups is 1. The number of nitrogens with zero attached hydrogens (tertiary/aromatic N) is 2. The van der Waals surface area contributed by atoms with Crippen molar-refractivity contribution in [3.8, 4) is 5.75 Å². The molecule has 2 aromatic rings. The van der Waals surface area contributed by atoms with Crippen LogP contribution >= 0.6 is 22.9 Å². The Balaban J connectivity index is 1.84. The number of benzene rings is 1. The summed E-state index contributed by atoms with van der Waals surface area (Å²) in [5.41, 5.74) is 0. The van der Waals surface area contributed by atoms with Gasteiger partial charge in [-0.05, 0) is 39.4 Å². The van der Waals surface area contributed by atoms with Crippen LogP contribution in [0.3, 0.4) is 0 Å². The molecule has 5 nitrogen and oxygen atoms in total. The number of hydrogen-bond donors (Lipinski definition) is 0. The summed E-state index contributed by atoms with van der Waals surface area (Å²) >= 11 is 7.42. The minimum Gasteiger partial charge on any atom is -0.487 e. The second-order valence-corrected chi connectivity index (χ2v) is 9.86. The third-order valence-electron chi connectivity index (χ3n) is 4.48. The van der Waals surface area contributed by atoms with Gasteiger partial charge in [0.2, 0.25) is 0 Å². The molecule has 0 unspecified atom stereocenters. The molecular formula is C17H20ClFN2O3S2. The van der Waals surface area contributed by atoms with Crippen LogP contribution < -0.4 is 4.74 Å². The van der Waals surface area contributed by atoms with E-state index in [0.717, 1.165) is 31.4 Å². The third-order valence-corrected chi connectivity index (χ3v) is 7.37. The van der Waals surface area contributed by atoms with E-state index in [4.69, 9.17) is 16.3 Å². The highest BCUT2D eigenvalue weighted by Crippen LogP contribution is 2.35. The monoisotopic (exact) mass is 418 g/mol. The molecule has 1 saturated carbocycles. The predicted octanol–water partition coefficient (Wildman–Crippen LogP) is 3.77. The first-order valence-corrected chi connectivity index (χ1v) is 11.1. The summed E-state index contributed by atoms with van der Waals surface area (Å²) in [6, 6.07) is 2.43. The third kappa shape index (κ3) is 4.19. The molecule has 1 aromatic heterocycles. The fourth-order valence-corrected chi connectivity index (χ4v) is 5.82. The van der Waals surface area contributed by atoms with Crippen molar-refractivity contribution >= 4 is 32.8 Å². The zero-order valence-corrected chi connectivity index (χ0v) is 16.9. The topological polar surface area (TPSA) is 59.5 Å². The van der Waals surface area contributed by atoms with E-state index in [1.54, 1.807) is 5.38 Å². The van der Waals surface area contributed by atoms with E-state index in [1.807, 2.05) is 14.1 Å². The van der Waals surface area contributed by atoms with Gasteiger partial charge in [-0.15, -0.1) is 11.3 Å². The Morgan fingerprint density at radius 2 is 2.15 bits per heavy atom. The number of halogens is 2. The molecule has 1 aliphatic carbocycles. The molecule has 3 rings (SSSR count). The van der Waals surface area contributed by atoms with Gasteiger partial charge in [-0.2, -0.15) is 0 Å². The molecule has 0 spiro atoms. The number of likely N-dealkylation sites (N-methyl/N-ethyl adjacent to an activating group) is 1. The molecule has 1 aliphatic rings. The lowest BCUT2D eigenvalue weighted by Gasteiger charge is -2.27. The summed E-state index contributed by atoms with van der Waals surface area (Å²) in [5, 5.41) is 2.17. The van der Waals surface area contributed by atoms with E-state index < -0.39 is 20.5 Å². The molecule has 1 aromatic carbocycles. The minimum absolute atomic E-state index is 0.0912. The van der Waals surface area contributed by atoms with E-state index in [2.05, 4.69) is 9.88 Å². The highest BCUT2D eigenvalue weighted by Gasteiger charge is 2.32. The van der Waals surface area contributed by atoms with Crippen LogP contribution in [0.1, 0.15) is 24.3 Å². The highest BCUT2D eigenvalue weighted by molar-refractivity contribution is 7.90. The zero-order valence-electron chi connectivity index (χ0n) is 14.5. The molecule has 0 amide bonds. The molecule has 0 aliphatic heterocycles. The minimum atomic E-state index is -3.88. The van der Waals surface area contributed by atoms with Crippen LogP contribution in [-0.4, -0.2) is 44.5 Å². The number of ether oxygens (including phenoxy) is 1. The molecule has 142 valence electrons. The van der Waals surface area contributed by atoms with Crippen molar-refractivity contribution in [2.45, 2.75) is 42.1 Å². The first kappa shape index (κ1) is 19.5.